The van der Waals surface area contributed by atoms with Crippen LogP contribution in [0.25, 0.3) is 10.1 Å². The second-order valence-electron chi connectivity index (χ2n) is 3.50. The molecule has 1 aromatic heterocycles. The number of carbonyl (C=O) groups is 1. The van der Waals surface area contributed by atoms with Crippen LogP contribution < -0.4 is 5.32 Å². The van der Waals surface area contributed by atoms with Crippen LogP contribution in [0, 0.1) is 6.92 Å². The van der Waals surface area contributed by atoms with Crippen LogP contribution in [0.3, 0.4) is 0 Å². The van der Waals surface area contributed by atoms with Gasteiger partial charge in [0.1, 0.15) is 0 Å². The van der Waals surface area contributed by atoms with Crippen molar-refractivity contribution in [1.29, 1.82) is 0 Å². The Morgan fingerprint density at radius 2 is 2.13 bits per heavy atom. The van der Waals surface area contributed by atoms with Crippen molar-refractivity contribution >= 4 is 27.3 Å². The van der Waals surface area contributed by atoms with Gasteiger partial charge in [-0.3, -0.25) is 4.79 Å². The Labute approximate surface area is 92.9 Å². The summed E-state index contributed by atoms with van der Waals surface area (Å²) in [6.07, 6.45) is 0.488. The van der Waals surface area contributed by atoms with Gasteiger partial charge in [-0.15, -0.1) is 11.3 Å². The highest BCUT2D eigenvalue weighted by Gasteiger charge is 2.10. The number of benzene rings is 1. The zero-order valence-electron chi connectivity index (χ0n) is 8.83. The Balaban J connectivity index is 2.44. The van der Waals surface area contributed by atoms with Crippen LogP contribution in [0.5, 0.6) is 0 Å². The molecule has 0 saturated carbocycles. The second-order valence-corrected chi connectivity index (χ2v) is 4.63. The largest absolute Gasteiger partial charge is 0.359 e. The molecule has 1 amide bonds. The van der Waals surface area contributed by atoms with E-state index in [-0.39, 0.29) is 5.91 Å². The molecular weight excluding hydrogens is 206 g/mol. The first-order chi connectivity index (χ1) is 7.22. The molecule has 1 heterocycles. The molecule has 2 nitrogen and oxygen atoms in total. The fourth-order valence-electron chi connectivity index (χ4n) is 1.63. The predicted molar refractivity (Wildman–Crippen MR) is 64.3 cm³/mol. The Kier molecular flexibility index (Phi) is 2.73. The highest BCUT2D eigenvalue weighted by atomic mass is 32.1. The van der Waals surface area contributed by atoms with Gasteiger partial charge >= 0.3 is 0 Å². The van der Waals surface area contributed by atoms with Crippen LogP contribution in [0.4, 0.5) is 0 Å². The number of hydrogen-bond donors (Lipinski definition) is 1. The lowest BCUT2D eigenvalue weighted by Crippen LogP contribution is -2.19. The van der Waals surface area contributed by atoms with Crippen LogP contribution in [-0.2, 0) is 11.2 Å². The van der Waals surface area contributed by atoms with Crippen molar-refractivity contribution in [3.8, 4) is 0 Å². The number of fused-ring (bicyclic) bond motifs is 1. The van der Waals surface area contributed by atoms with Gasteiger partial charge in [-0.2, -0.15) is 0 Å². The van der Waals surface area contributed by atoms with Gasteiger partial charge < -0.3 is 5.32 Å². The molecule has 0 unspecified atom stereocenters. The normalized spacial score (nSPS) is 10.5. The molecule has 78 valence electrons. The van der Waals surface area contributed by atoms with E-state index in [9.17, 15) is 4.79 Å². The van der Waals surface area contributed by atoms with E-state index in [0.29, 0.717) is 6.42 Å². The van der Waals surface area contributed by atoms with Gasteiger partial charge in [-0.05, 0) is 23.9 Å². The van der Waals surface area contributed by atoms with E-state index in [1.807, 2.05) is 12.1 Å². The van der Waals surface area contributed by atoms with Crippen LogP contribution in [0.2, 0.25) is 0 Å². The lowest BCUT2D eigenvalue weighted by molar-refractivity contribution is -0.119. The van der Waals surface area contributed by atoms with Gasteiger partial charge in [-0.25, -0.2) is 0 Å². The number of likely N-dealkylation sites (N-methyl/N-ethyl adjacent to an activating group) is 1. The van der Waals surface area contributed by atoms with Gasteiger partial charge in [0, 0.05) is 16.6 Å². The number of thiophene rings is 1. The maximum atomic E-state index is 11.3. The summed E-state index contributed by atoms with van der Waals surface area (Å²) < 4.78 is 1.26. The Morgan fingerprint density at radius 1 is 1.40 bits per heavy atom. The summed E-state index contributed by atoms with van der Waals surface area (Å²) in [6, 6.07) is 8.27. The van der Waals surface area contributed by atoms with E-state index in [2.05, 4.69) is 24.4 Å². The van der Waals surface area contributed by atoms with Crippen LogP contribution in [0.1, 0.15) is 10.4 Å². The third-order valence-corrected chi connectivity index (χ3v) is 3.82. The van der Waals surface area contributed by atoms with Crippen LogP contribution in [-0.4, -0.2) is 13.0 Å². The van der Waals surface area contributed by atoms with E-state index in [4.69, 9.17) is 0 Å². The van der Waals surface area contributed by atoms with E-state index in [1.54, 1.807) is 18.4 Å². The molecule has 0 fully saturated rings. The first-order valence-electron chi connectivity index (χ1n) is 4.90. The van der Waals surface area contributed by atoms with Crippen molar-refractivity contribution in [1.82, 2.24) is 5.32 Å². The molecule has 0 radical (unpaired) electrons. The fourth-order valence-corrected chi connectivity index (χ4v) is 2.84. The third kappa shape index (κ3) is 1.88. The zero-order chi connectivity index (χ0) is 10.8. The molecule has 0 spiro atoms. The summed E-state index contributed by atoms with van der Waals surface area (Å²) >= 11 is 1.71. The van der Waals surface area contributed by atoms with E-state index in [0.717, 1.165) is 4.88 Å². The molecular formula is C12H13NOS. The smallest absolute Gasteiger partial charge is 0.225 e. The minimum absolute atomic E-state index is 0.0738. The molecule has 0 atom stereocenters. The maximum Gasteiger partial charge on any atom is 0.225 e. The molecule has 0 saturated heterocycles. The number of hydrogen-bond acceptors (Lipinski definition) is 2. The molecule has 1 aromatic carbocycles. The highest BCUT2D eigenvalue weighted by molar-refractivity contribution is 7.19. The number of aryl methyl sites for hydroxylation is 1. The van der Waals surface area contributed by atoms with Crippen molar-refractivity contribution in [2.75, 3.05) is 7.05 Å². The van der Waals surface area contributed by atoms with Crippen LogP contribution in [0.15, 0.2) is 24.3 Å². The van der Waals surface area contributed by atoms with Gasteiger partial charge in [0.05, 0.1) is 6.42 Å². The predicted octanol–water partition coefficient (Wildman–Crippen LogP) is 2.50. The van der Waals surface area contributed by atoms with Crippen molar-refractivity contribution in [2.45, 2.75) is 13.3 Å². The number of rotatable bonds is 2. The first kappa shape index (κ1) is 10.2. The lowest BCUT2D eigenvalue weighted by atomic mass is 10.1. The average molecular weight is 219 g/mol. The van der Waals surface area contributed by atoms with E-state index >= 15 is 0 Å². The van der Waals surface area contributed by atoms with E-state index < -0.39 is 0 Å². The molecule has 0 aliphatic carbocycles. The van der Waals surface area contributed by atoms with Crippen molar-refractivity contribution in [3.05, 3.63) is 34.7 Å². The molecule has 0 aliphatic heterocycles. The lowest BCUT2D eigenvalue weighted by Gasteiger charge is -1.97. The van der Waals surface area contributed by atoms with Crippen molar-refractivity contribution < 1.29 is 4.79 Å². The molecule has 15 heavy (non-hydrogen) atoms. The maximum absolute atomic E-state index is 11.3. The molecule has 2 rings (SSSR count). The first-order valence-corrected chi connectivity index (χ1v) is 5.71. The van der Waals surface area contributed by atoms with Crippen molar-refractivity contribution in [3.63, 3.8) is 0 Å². The molecule has 3 heteroatoms. The minimum Gasteiger partial charge on any atom is -0.359 e. The average Bonchev–Trinajstić information content (AvgIpc) is 2.57. The van der Waals surface area contributed by atoms with Gasteiger partial charge in [0.15, 0.2) is 0 Å². The van der Waals surface area contributed by atoms with Crippen molar-refractivity contribution in [2.24, 2.45) is 0 Å². The Hall–Kier alpha value is -1.35. The summed E-state index contributed by atoms with van der Waals surface area (Å²) in [5, 5.41) is 3.92. The number of amides is 1. The quantitative estimate of drug-likeness (QED) is 0.826. The second kappa shape index (κ2) is 4.03. The topological polar surface area (TPSA) is 29.1 Å². The molecule has 2 aromatic rings. The summed E-state index contributed by atoms with van der Waals surface area (Å²) in [5.74, 6) is 0.0738. The molecule has 1 N–H and O–H groups in total. The molecule has 0 bridgehead atoms. The number of carbonyl (C=O) groups excluding carboxylic acids is 1. The molecule has 0 aliphatic rings. The summed E-state index contributed by atoms with van der Waals surface area (Å²) in [7, 11) is 1.67. The number of nitrogens with one attached hydrogen (secondary N) is 1. The summed E-state index contributed by atoms with van der Waals surface area (Å²) in [6.45, 7) is 2.08. The Morgan fingerprint density at radius 3 is 2.80 bits per heavy atom. The minimum atomic E-state index is 0.0738. The highest BCUT2D eigenvalue weighted by Crippen LogP contribution is 2.30. The van der Waals surface area contributed by atoms with Gasteiger partial charge in [0.2, 0.25) is 5.91 Å². The standard InChI is InChI=1S/C12H13NOS/c1-8-9-5-3-4-6-10(9)15-11(8)7-12(14)13-2/h3-6H,7H2,1-2H3,(H,13,14). The van der Waals surface area contributed by atoms with E-state index in [1.165, 1.54) is 15.6 Å². The summed E-state index contributed by atoms with van der Waals surface area (Å²) in [4.78, 5) is 12.5. The van der Waals surface area contributed by atoms with Crippen LogP contribution >= 0.6 is 11.3 Å². The van der Waals surface area contributed by atoms with Gasteiger partial charge in [-0.1, -0.05) is 18.2 Å². The Bertz CT molecular complexity index is 501. The third-order valence-electron chi connectivity index (χ3n) is 2.54. The summed E-state index contributed by atoms with van der Waals surface area (Å²) in [5.41, 5.74) is 1.24. The monoisotopic (exact) mass is 219 g/mol. The fraction of sp³-hybridized carbons (Fsp3) is 0.250. The SMILES string of the molecule is CNC(=O)Cc1sc2ccccc2c1C. The van der Waals surface area contributed by atoms with Gasteiger partial charge in [0.25, 0.3) is 0 Å². The zero-order valence-corrected chi connectivity index (χ0v) is 9.65.